The summed E-state index contributed by atoms with van der Waals surface area (Å²) in [4.78, 5) is 27.5. The van der Waals surface area contributed by atoms with Crippen molar-refractivity contribution in [2.45, 2.75) is 57.2 Å². The normalized spacial score (nSPS) is 37.1. The topological polar surface area (TPSA) is 48.0 Å². The molecule has 4 aliphatic carbocycles. The number of carbonyl (C=O) groups is 1. The van der Waals surface area contributed by atoms with E-state index in [1.165, 1.54) is 32.1 Å². The average Bonchev–Trinajstić information content (AvgIpc) is 2.78. The summed E-state index contributed by atoms with van der Waals surface area (Å²) in [5.41, 5.74) is 4.55. The van der Waals surface area contributed by atoms with Gasteiger partial charge in [-0.2, -0.15) is 0 Å². The van der Waals surface area contributed by atoms with Crippen molar-refractivity contribution in [1.82, 2.24) is 0 Å². The minimum Gasteiger partial charge on any atom is -0.465 e. The zero-order valence-electron chi connectivity index (χ0n) is 19.4. The summed E-state index contributed by atoms with van der Waals surface area (Å²) in [5, 5.41) is 0. The predicted molar refractivity (Wildman–Crippen MR) is 124 cm³/mol. The Hall–Kier alpha value is -2.37. The molecule has 172 valence electrons. The minimum absolute atomic E-state index is 0.183. The Morgan fingerprint density at radius 1 is 0.970 bits per heavy atom. The third-order valence-electron chi connectivity index (χ3n) is 9.20. The number of anilines is 2. The van der Waals surface area contributed by atoms with Gasteiger partial charge in [0, 0.05) is 22.5 Å². The predicted octanol–water partition coefficient (Wildman–Crippen LogP) is 5.41. The number of hydrogen-bond donors (Lipinski definition) is 0. The Morgan fingerprint density at radius 2 is 1.67 bits per heavy atom. The van der Waals surface area contributed by atoms with Gasteiger partial charge in [-0.1, -0.05) is 30.3 Å². The van der Waals surface area contributed by atoms with E-state index in [4.69, 9.17) is 14.5 Å². The van der Waals surface area contributed by atoms with Gasteiger partial charge in [0.2, 0.25) is 0 Å². The molecule has 5 fully saturated rings. The number of ether oxygens (including phenoxy) is 1. The van der Waals surface area contributed by atoms with Crippen molar-refractivity contribution in [3.63, 3.8) is 0 Å². The van der Waals surface area contributed by atoms with E-state index < -0.39 is 5.60 Å². The first-order valence-electron chi connectivity index (χ1n) is 12.6. The molecule has 1 unspecified atom stereocenters. The lowest BCUT2D eigenvalue weighted by molar-refractivity contribution is -0.583. The maximum absolute atomic E-state index is 12.6. The maximum Gasteiger partial charge on any atom is 0.325 e. The Balaban J connectivity index is 1.44. The summed E-state index contributed by atoms with van der Waals surface area (Å²) in [7, 11) is 0. The number of nitrogens with zero attached hydrogens (tertiary/aromatic N) is 1. The zero-order valence-corrected chi connectivity index (χ0v) is 19.4. The van der Waals surface area contributed by atoms with E-state index in [1.54, 1.807) is 0 Å². The van der Waals surface area contributed by atoms with Crippen LogP contribution in [0.3, 0.4) is 0 Å². The summed E-state index contributed by atoms with van der Waals surface area (Å²) in [5.74, 6) is 2.50. The van der Waals surface area contributed by atoms with Crippen LogP contribution >= 0.6 is 0 Å². The molecule has 1 atom stereocenters. The summed E-state index contributed by atoms with van der Waals surface area (Å²) in [6.07, 6.45) is 6.38. The highest BCUT2D eigenvalue weighted by Gasteiger charge is 2.77. The van der Waals surface area contributed by atoms with Crippen LogP contribution in [-0.2, 0) is 24.9 Å². The van der Waals surface area contributed by atoms with Crippen molar-refractivity contribution >= 4 is 17.3 Å². The number of hydrogen-bond acceptors (Lipinski definition) is 5. The number of carbonyl (C=O) groups excluding carboxylic acids is 1. The lowest BCUT2D eigenvalue weighted by atomic mass is 9.44. The van der Waals surface area contributed by atoms with Crippen LogP contribution in [0, 0.1) is 30.6 Å². The van der Waals surface area contributed by atoms with Crippen molar-refractivity contribution in [1.29, 1.82) is 0 Å². The molecule has 0 N–H and O–H groups in total. The number of aryl methyl sites for hydroxylation is 1. The first kappa shape index (κ1) is 20.0. The molecule has 6 aliphatic rings. The van der Waals surface area contributed by atoms with E-state index in [1.807, 2.05) is 6.92 Å². The minimum atomic E-state index is -0.625. The van der Waals surface area contributed by atoms with Gasteiger partial charge < -0.3 is 9.64 Å². The van der Waals surface area contributed by atoms with Crippen LogP contribution in [0.4, 0.5) is 11.4 Å². The lowest BCUT2D eigenvalue weighted by Gasteiger charge is -2.71. The van der Waals surface area contributed by atoms with E-state index in [0.717, 1.165) is 39.9 Å². The Morgan fingerprint density at radius 3 is 2.33 bits per heavy atom. The lowest BCUT2D eigenvalue weighted by Crippen LogP contribution is -2.76. The van der Waals surface area contributed by atoms with Crippen molar-refractivity contribution in [2.24, 2.45) is 23.7 Å². The maximum atomic E-state index is 12.6. The molecular formula is C28H31NO4. The molecule has 2 aliphatic heterocycles. The van der Waals surface area contributed by atoms with Gasteiger partial charge in [0.15, 0.2) is 5.60 Å². The summed E-state index contributed by atoms with van der Waals surface area (Å²) in [6.45, 7) is 4.52. The molecule has 4 saturated carbocycles. The van der Waals surface area contributed by atoms with Gasteiger partial charge in [0.05, 0.1) is 6.61 Å². The highest BCUT2D eigenvalue weighted by atomic mass is 17.3. The summed E-state index contributed by atoms with van der Waals surface area (Å²) >= 11 is 0. The van der Waals surface area contributed by atoms with Crippen LogP contribution in [0.2, 0.25) is 0 Å². The molecule has 0 radical (unpaired) electrons. The highest BCUT2D eigenvalue weighted by Crippen LogP contribution is 2.73. The third kappa shape index (κ3) is 2.42. The number of benzene rings is 2. The van der Waals surface area contributed by atoms with Gasteiger partial charge in [0.25, 0.3) is 0 Å². The monoisotopic (exact) mass is 445 g/mol. The molecular weight excluding hydrogens is 414 g/mol. The van der Waals surface area contributed by atoms with Crippen molar-refractivity contribution < 1.29 is 19.3 Å². The largest absolute Gasteiger partial charge is 0.465 e. The van der Waals surface area contributed by atoms with Crippen LogP contribution in [0.1, 0.15) is 55.7 Å². The van der Waals surface area contributed by atoms with Crippen LogP contribution in [0.15, 0.2) is 42.5 Å². The van der Waals surface area contributed by atoms with Gasteiger partial charge >= 0.3 is 5.97 Å². The van der Waals surface area contributed by atoms with E-state index >= 15 is 0 Å². The average molecular weight is 446 g/mol. The van der Waals surface area contributed by atoms with Gasteiger partial charge in [-0.3, -0.25) is 4.79 Å². The van der Waals surface area contributed by atoms with E-state index in [-0.39, 0.29) is 18.1 Å². The zero-order chi connectivity index (χ0) is 22.4. The Kier molecular flexibility index (Phi) is 4.15. The number of esters is 1. The van der Waals surface area contributed by atoms with Crippen molar-refractivity contribution in [2.75, 3.05) is 18.1 Å². The molecule has 2 aromatic carbocycles. The second-order valence-electron chi connectivity index (χ2n) is 10.9. The molecule has 0 aromatic heterocycles. The summed E-state index contributed by atoms with van der Waals surface area (Å²) < 4.78 is 5.35. The van der Waals surface area contributed by atoms with Gasteiger partial charge in [-0.05, 0) is 87.3 Å². The molecule has 2 spiro atoms. The molecule has 5 heteroatoms. The Labute approximate surface area is 194 Å². The molecule has 1 saturated heterocycles. The quantitative estimate of drug-likeness (QED) is 0.467. The van der Waals surface area contributed by atoms with Gasteiger partial charge in [-0.15, -0.1) is 0 Å². The molecule has 5 nitrogen and oxygen atoms in total. The standard InChI is InChI=1S/C28H31NO4/c1-3-31-26(30)16-29-24-7-5-4-6-22(24)28(23-9-8-17(2)10-25(23)29)27(32-33-28)20-12-18-11-19(14-20)15-21(27)13-18/h4-10,18-21H,3,11-16H2,1-2H3. The molecule has 33 heavy (non-hydrogen) atoms. The van der Waals surface area contributed by atoms with Gasteiger partial charge in [-0.25, -0.2) is 9.78 Å². The fraction of sp³-hybridized carbons (Fsp3) is 0.536. The number of rotatable bonds is 3. The van der Waals surface area contributed by atoms with Crippen LogP contribution in [0.5, 0.6) is 0 Å². The van der Waals surface area contributed by atoms with Crippen LogP contribution in [-0.4, -0.2) is 24.7 Å². The molecule has 2 aromatic rings. The van der Waals surface area contributed by atoms with E-state index in [0.29, 0.717) is 18.4 Å². The molecule has 2 heterocycles. The van der Waals surface area contributed by atoms with Crippen molar-refractivity contribution in [3.8, 4) is 0 Å². The second-order valence-corrected chi connectivity index (χ2v) is 10.9. The number of para-hydroxylation sites is 1. The van der Waals surface area contributed by atoms with Gasteiger partial charge in [0.1, 0.15) is 12.1 Å². The van der Waals surface area contributed by atoms with E-state index in [9.17, 15) is 4.79 Å². The highest BCUT2D eigenvalue weighted by molar-refractivity contribution is 5.86. The summed E-state index contributed by atoms with van der Waals surface area (Å²) in [6, 6.07) is 15.0. The fourth-order valence-corrected chi connectivity index (χ4v) is 8.28. The SMILES string of the molecule is CCOC(=O)CN1c2ccccc2C2(OOC23C2CC4CC(C2)CC3C4)c2ccc(C)cc21. The molecule has 0 amide bonds. The Bertz CT molecular complexity index is 1110. The second kappa shape index (κ2) is 6.83. The molecule has 8 rings (SSSR count). The first-order valence-corrected chi connectivity index (χ1v) is 12.6. The smallest absolute Gasteiger partial charge is 0.325 e. The number of fused-ring (bicyclic) bond motifs is 4. The fourth-order valence-electron chi connectivity index (χ4n) is 8.28. The molecule has 4 bridgehead atoms. The third-order valence-corrected chi connectivity index (χ3v) is 9.20. The van der Waals surface area contributed by atoms with Crippen LogP contribution in [0.25, 0.3) is 0 Å². The first-order chi connectivity index (χ1) is 16.1. The van der Waals surface area contributed by atoms with Crippen molar-refractivity contribution in [3.05, 3.63) is 59.2 Å². The van der Waals surface area contributed by atoms with Crippen LogP contribution < -0.4 is 4.90 Å². The van der Waals surface area contributed by atoms with E-state index in [2.05, 4.69) is 54.3 Å².